The Morgan fingerprint density at radius 1 is 1.03 bits per heavy atom. The fourth-order valence-corrected chi connectivity index (χ4v) is 4.70. The average molecular weight is 467 g/mol. The van der Waals surface area contributed by atoms with Crippen LogP contribution in [0.25, 0.3) is 11.1 Å². The van der Waals surface area contributed by atoms with Gasteiger partial charge in [0.15, 0.2) is 5.78 Å². The van der Waals surface area contributed by atoms with Crippen molar-refractivity contribution in [3.63, 3.8) is 0 Å². The number of ketones is 3. The van der Waals surface area contributed by atoms with Gasteiger partial charge in [-0.25, -0.2) is 4.39 Å². The lowest BCUT2D eigenvalue weighted by atomic mass is 9.72. The summed E-state index contributed by atoms with van der Waals surface area (Å²) in [7, 11) is 0. The van der Waals surface area contributed by atoms with Crippen molar-refractivity contribution < 1.29 is 23.9 Å². The lowest BCUT2D eigenvalue weighted by Crippen LogP contribution is -2.43. The van der Waals surface area contributed by atoms with Gasteiger partial charge in [-0.15, -0.1) is 0 Å². The Labute approximate surface area is 201 Å². The quantitative estimate of drug-likeness (QED) is 0.309. The van der Waals surface area contributed by atoms with Gasteiger partial charge in [-0.3, -0.25) is 14.4 Å². The van der Waals surface area contributed by atoms with Crippen LogP contribution in [0.15, 0.2) is 42.5 Å². The van der Waals surface area contributed by atoms with Crippen LogP contribution in [0.5, 0.6) is 0 Å². The monoisotopic (exact) mass is 466 g/mol. The van der Waals surface area contributed by atoms with Gasteiger partial charge >= 0.3 is 0 Å². The predicted octanol–water partition coefficient (Wildman–Crippen LogP) is 5.98. The Bertz CT molecular complexity index is 1030. The smallest absolute Gasteiger partial charge is 0.165 e. The number of aliphatic hydroxyl groups excluding tert-OH is 1. The Balaban J connectivity index is 1.72. The van der Waals surface area contributed by atoms with E-state index in [-0.39, 0.29) is 36.0 Å². The summed E-state index contributed by atoms with van der Waals surface area (Å²) < 4.78 is 14.6. The molecule has 1 saturated carbocycles. The van der Waals surface area contributed by atoms with Crippen LogP contribution >= 0.6 is 0 Å². The molecule has 1 aliphatic carbocycles. The highest BCUT2D eigenvalue weighted by molar-refractivity contribution is 6.05. The van der Waals surface area contributed by atoms with E-state index in [1.54, 1.807) is 43.3 Å². The SMILES string of the molecule is CCCC(=O)C(CC(C)C(=O)c1ccc(-c2ccc(CCC)cc2F)cc1)C(=O)[C@H]1CCC1O. The Hall–Kier alpha value is -2.66. The van der Waals surface area contributed by atoms with Crippen LogP contribution in [0.3, 0.4) is 0 Å². The van der Waals surface area contributed by atoms with Crippen LogP contribution in [0.2, 0.25) is 0 Å². The fraction of sp³-hybridized carbons (Fsp3) is 0.483. The molecule has 1 fully saturated rings. The van der Waals surface area contributed by atoms with Gasteiger partial charge in [-0.1, -0.05) is 63.6 Å². The highest BCUT2D eigenvalue weighted by Crippen LogP contribution is 2.33. The summed E-state index contributed by atoms with van der Waals surface area (Å²) in [6.07, 6.45) is 3.34. The molecule has 34 heavy (non-hydrogen) atoms. The molecule has 4 atom stereocenters. The number of benzene rings is 2. The molecule has 0 aliphatic heterocycles. The van der Waals surface area contributed by atoms with Crippen molar-refractivity contribution in [3.8, 4) is 11.1 Å². The van der Waals surface area contributed by atoms with Gasteiger partial charge in [0.25, 0.3) is 0 Å². The highest BCUT2D eigenvalue weighted by atomic mass is 19.1. The molecule has 3 rings (SSSR count). The minimum Gasteiger partial charge on any atom is -0.392 e. The number of carbonyl (C=O) groups excluding carboxylic acids is 3. The molecule has 4 nitrogen and oxygen atoms in total. The summed E-state index contributed by atoms with van der Waals surface area (Å²) in [4.78, 5) is 38.7. The number of hydrogen-bond donors (Lipinski definition) is 1. The van der Waals surface area contributed by atoms with Crippen molar-refractivity contribution in [2.75, 3.05) is 0 Å². The van der Waals surface area contributed by atoms with Gasteiger partial charge in [-0.05, 0) is 49.3 Å². The molecule has 0 saturated heterocycles. The molecular formula is C29H35FO4. The van der Waals surface area contributed by atoms with Crippen molar-refractivity contribution in [3.05, 3.63) is 59.4 Å². The van der Waals surface area contributed by atoms with Crippen LogP contribution in [-0.4, -0.2) is 28.6 Å². The van der Waals surface area contributed by atoms with Crippen molar-refractivity contribution in [1.82, 2.24) is 0 Å². The van der Waals surface area contributed by atoms with E-state index in [0.29, 0.717) is 36.0 Å². The number of halogens is 1. The number of aryl methyl sites for hydroxylation is 1. The number of Topliss-reactive ketones (excluding diaryl/α,β-unsaturated/α-hetero) is 3. The third-order valence-electron chi connectivity index (χ3n) is 6.92. The summed E-state index contributed by atoms with van der Waals surface area (Å²) in [5.41, 5.74) is 2.61. The second-order valence-corrected chi connectivity index (χ2v) is 9.57. The number of rotatable bonds is 12. The molecule has 2 aromatic rings. The van der Waals surface area contributed by atoms with Crippen molar-refractivity contribution in [2.45, 2.75) is 71.8 Å². The second kappa shape index (κ2) is 11.7. The van der Waals surface area contributed by atoms with Gasteiger partial charge in [0, 0.05) is 29.4 Å². The van der Waals surface area contributed by atoms with E-state index in [4.69, 9.17) is 0 Å². The third kappa shape index (κ3) is 5.87. The maximum absolute atomic E-state index is 14.6. The molecule has 3 unspecified atom stereocenters. The molecular weight excluding hydrogens is 431 g/mol. The Kier molecular flexibility index (Phi) is 8.90. The summed E-state index contributed by atoms with van der Waals surface area (Å²) in [6.45, 7) is 5.67. The largest absolute Gasteiger partial charge is 0.392 e. The summed E-state index contributed by atoms with van der Waals surface area (Å²) in [6, 6.07) is 12.1. The van der Waals surface area contributed by atoms with E-state index in [2.05, 4.69) is 6.92 Å². The number of carbonyl (C=O) groups is 3. The van der Waals surface area contributed by atoms with Crippen LogP contribution in [0, 0.1) is 23.6 Å². The van der Waals surface area contributed by atoms with Crippen LogP contribution in [-0.2, 0) is 16.0 Å². The van der Waals surface area contributed by atoms with E-state index in [1.165, 1.54) is 0 Å². The molecule has 0 heterocycles. The number of aliphatic hydroxyl groups is 1. The van der Waals surface area contributed by atoms with E-state index in [9.17, 15) is 23.9 Å². The molecule has 0 spiro atoms. The molecule has 0 amide bonds. The summed E-state index contributed by atoms with van der Waals surface area (Å²) in [5, 5.41) is 9.92. The minimum absolute atomic E-state index is 0.148. The summed E-state index contributed by atoms with van der Waals surface area (Å²) >= 11 is 0. The van der Waals surface area contributed by atoms with E-state index < -0.39 is 23.9 Å². The first kappa shape index (κ1) is 26.0. The third-order valence-corrected chi connectivity index (χ3v) is 6.92. The standard InChI is InChI=1S/C29H35FO4/c1-4-6-19-8-13-22(25(30)17-19)20-9-11-21(12-10-20)28(33)18(3)16-24(26(31)7-5-2)29(34)23-14-15-27(23)32/h8-13,17-18,23-24,27,32H,4-7,14-16H2,1-3H3/t18?,23-,24?,27?/m0/s1. The topological polar surface area (TPSA) is 71.4 Å². The predicted molar refractivity (Wildman–Crippen MR) is 131 cm³/mol. The zero-order valence-electron chi connectivity index (χ0n) is 20.4. The van der Waals surface area contributed by atoms with Crippen molar-refractivity contribution in [2.24, 2.45) is 17.8 Å². The molecule has 0 radical (unpaired) electrons. The minimum atomic E-state index is -0.853. The Morgan fingerprint density at radius 3 is 2.26 bits per heavy atom. The van der Waals surface area contributed by atoms with E-state index in [1.807, 2.05) is 13.0 Å². The zero-order valence-corrected chi connectivity index (χ0v) is 20.4. The van der Waals surface area contributed by atoms with Gasteiger partial charge in [0.05, 0.1) is 12.0 Å². The average Bonchev–Trinajstić information content (AvgIpc) is 2.81. The van der Waals surface area contributed by atoms with Gasteiger partial charge in [0.1, 0.15) is 17.4 Å². The van der Waals surface area contributed by atoms with Crippen LogP contribution in [0.1, 0.15) is 75.2 Å². The van der Waals surface area contributed by atoms with Crippen LogP contribution in [0.4, 0.5) is 4.39 Å². The first-order valence-electron chi connectivity index (χ1n) is 12.4. The van der Waals surface area contributed by atoms with Gasteiger partial charge in [0.2, 0.25) is 0 Å². The van der Waals surface area contributed by atoms with E-state index in [0.717, 1.165) is 18.4 Å². The molecule has 1 N–H and O–H groups in total. The fourth-order valence-electron chi connectivity index (χ4n) is 4.70. The number of hydrogen-bond acceptors (Lipinski definition) is 4. The van der Waals surface area contributed by atoms with E-state index >= 15 is 0 Å². The highest BCUT2D eigenvalue weighted by Gasteiger charge is 2.41. The van der Waals surface area contributed by atoms with Crippen molar-refractivity contribution in [1.29, 1.82) is 0 Å². The molecule has 5 heteroatoms. The molecule has 0 bridgehead atoms. The Morgan fingerprint density at radius 2 is 1.74 bits per heavy atom. The first-order chi connectivity index (χ1) is 16.3. The lowest BCUT2D eigenvalue weighted by Gasteiger charge is -2.33. The van der Waals surface area contributed by atoms with Crippen molar-refractivity contribution >= 4 is 17.3 Å². The lowest BCUT2D eigenvalue weighted by molar-refractivity contribution is -0.142. The second-order valence-electron chi connectivity index (χ2n) is 9.57. The maximum Gasteiger partial charge on any atom is 0.165 e. The van der Waals surface area contributed by atoms with Gasteiger partial charge < -0.3 is 5.11 Å². The summed E-state index contributed by atoms with van der Waals surface area (Å²) in [5.74, 6) is -2.69. The molecule has 1 aliphatic rings. The molecule has 0 aromatic heterocycles. The zero-order chi connectivity index (χ0) is 24.8. The van der Waals surface area contributed by atoms with Crippen LogP contribution < -0.4 is 0 Å². The maximum atomic E-state index is 14.6. The van der Waals surface area contributed by atoms with Gasteiger partial charge in [-0.2, -0.15) is 0 Å². The first-order valence-corrected chi connectivity index (χ1v) is 12.4. The molecule has 2 aromatic carbocycles. The normalized spacial score (nSPS) is 19.2. The molecule has 182 valence electrons.